The van der Waals surface area contributed by atoms with Crippen LogP contribution in [0.4, 0.5) is 5.69 Å². The Labute approximate surface area is 106 Å². The van der Waals surface area contributed by atoms with E-state index in [9.17, 15) is 9.59 Å². The number of benzene rings is 1. The summed E-state index contributed by atoms with van der Waals surface area (Å²) in [5.74, 6) is -1.00. The molecule has 1 rings (SSSR count). The number of nitrogens with one attached hydrogen (secondary N) is 1. The predicted octanol–water partition coefficient (Wildman–Crippen LogP) is 1.34. The van der Waals surface area contributed by atoms with Crippen molar-refractivity contribution in [2.45, 2.75) is 13.3 Å². The summed E-state index contributed by atoms with van der Waals surface area (Å²) in [5, 5.41) is 11.3. The van der Waals surface area contributed by atoms with Gasteiger partial charge in [0.25, 0.3) is 0 Å². The molecule has 5 nitrogen and oxygen atoms in total. The number of amides is 1. The highest BCUT2D eigenvalue weighted by molar-refractivity contribution is 5.92. The topological polar surface area (TPSA) is 69.6 Å². The maximum Gasteiger partial charge on any atom is 0.304 e. The molecule has 5 heteroatoms. The monoisotopic (exact) mass is 250 g/mol. The Hall–Kier alpha value is -1.88. The fraction of sp³-hybridized carbons (Fsp3) is 0.385. The van der Waals surface area contributed by atoms with Crippen molar-refractivity contribution in [3.8, 4) is 0 Å². The molecule has 1 aromatic rings. The molecule has 0 unspecified atom stereocenters. The van der Waals surface area contributed by atoms with Crippen LogP contribution in [0.2, 0.25) is 0 Å². The number of carbonyl (C=O) groups excluding carboxylic acids is 1. The number of rotatable bonds is 6. The van der Waals surface area contributed by atoms with Gasteiger partial charge >= 0.3 is 5.97 Å². The van der Waals surface area contributed by atoms with Crippen molar-refractivity contribution >= 4 is 17.6 Å². The number of para-hydroxylation sites is 1. The first-order valence-corrected chi connectivity index (χ1v) is 5.75. The molecule has 0 radical (unpaired) electrons. The van der Waals surface area contributed by atoms with Gasteiger partial charge in [0.05, 0.1) is 13.0 Å². The van der Waals surface area contributed by atoms with E-state index in [-0.39, 0.29) is 18.9 Å². The Bertz CT molecular complexity index is 432. The Morgan fingerprint density at radius 3 is 2.61 bits per heavy atom. The fourth-order valence-corrected chi connectivity index (χ4v) is 1.51. The Morgan fingerprint density at radius 2 is 2.00 bits per heavy atom. The van der Waals surface area contributed by atoms with E-state index in [4.69, 9.17) is 5.11 Å². The highest BCUT2D eigenvalue weighted by atomic mass is 16.4. The van der Waals surface area contributed by atoms with Crippen molar-refractivity contribution in [2.24, 2.45) is 0 Å². The average molecular weight is 250 g/mol. The number of likely N-dealkylation sites (N-methyl/N-ethyl adjacent to an activating group) is 1. The molecule has 0 bridgehead atoms. The number of carboxylic acid groups (broad SMARTS) is 1. The van der Waals surface area contributed by atoms with E-state index < -0.39 is 5.97 Å². The van der Waals surface area contributed by atoms with Crippen LogP contribution < -0.4 is 5.32 Å². The van der Waals surface area contributed by atoms with E-state index in [1.807, 2.05) is 31.2 Å². The summed E-state index contributed by atoms with van der Waals surface area (Å²) in [6.45, 7) is 2.46. The van der Waals surface area contributed by atoms with Crippen LogP contribution in [0.3, 0.4) is 0 Å². The zero-order valence-electron chi connectivity index (χ0n) is 10.6. The van der Waals surface area contributed by atoms with Crippen molar-refractivity contribution in [2.75, 3.05) is 25.5 Å². The third-order valence-corrected chi connectivity index (χ3v) is 2.54. The summed E-state index contributed by atoms with van der Waals surface area (Å²) < 4.78 is 0. The number of aryl methyl sites for hydroxylation is 1. The zero-order chi connectivity index (χ0) is 13.5. The average Bonchev–Trinajstić information content (AvgIpc) is 2.29. The molecule has 0 atom stereocenters. The number of hydrogen-bond donors (Lipinski definition) is 2. The van der Waals surface area contributed by atoms with Crippen LogP contribution in [-0.4, -0.2) is 42.0 Å². The lowest BCUT2D eigenvalue weighted by atomic mass is 10.2. The molecular weight excluding hydrogens is 232 g/mol. The van der Waals surface area contributed by atoms with E-state index in [2.05, 4.69) is 5.32 Å². The molecule has 98 valence electrons. The molecule has 0 fully saturated rings. The largest absolute Gasteiger partial charge is 0.481 e. The number of aliphatic carboxylic acids is 1. The van der Waals surface area contributed by atoms with Gasteiger partial charge in [0.1, 0.15) is 0 Å². The summed E-state index contributed by atoms with van der Waals surface area (Å²) >= 11 is 0. The normalized spacial score (nSPS) is 10.4. The minimum atomic E-state index is -0.860. The zero-order valence-corrected chi connectivity index (χ0v) is 10.6. The van der Waals surface area contributed by atoms with Gasteiger partial charge in [-0.2, -0.15) is 0 Å². The fourth-order valence-electron chi connectivity index (χ4n) is 1.51. The number of anilines is 1. The summed E-state index contributed by atoms with van der Waals surface area (Å²) in [7, 11) is 1.72. The molecule has 0 aliphatic carbocycles. The van der Waals surface area contributed by atoms with Crippen molar-refractivity contribution in [1.82, 2.24) is 4.90 Å². The van der Waals surface area contributed by atoms with E-state index >= 15 is 0 Å². The smallest absolute Gasteiger partial charge is 0.304 e. The maximum absolute atomic E-state index is 11.7. The number of carbonyl (C=O) groups is 2. The van der Waals surface area contributed by atoms with Gasteiger partial charge < -0.3 is 10.4 Å². The van der Waals surface area contributed by atoms with Gasteiger partial charge in [-0.05, 0) is 25.6 Å². The molecule has 0 heterocycles. The second-order valence-electron chi connectivity index (χ2n) is 4.24. The molecule has 1 aromatic carbocycles. The van der Waals surface area contributed by atoms with Gasteiger partial charge in [-0.1, -0.05) is 18.2 Å². The minimum Gasteiger partial charge on any atom is -0.481 e. The standard InChI is InChI=1S/C13H18N2O3/c1-10-5-3-4-6-11(10)14-12(16)9-15(2)8-7-13(17)18/h3-6H,7-9H2,1-2H3,(H,14,16)(H,17,18). The first kappa shape index (κ1) is 14.2. The molecule has 0 saturated carbocycles. The van der Waals surface area contributed by atoms with Gasteiger partial charge in [-0.15, -0.1) is 0 Å². The number of nitrogens with zero attached hydrogens (tertiary/aromatic N) is 1. The van der Waals surface area contributed by atoms with Crippen LogP contribution in [-0.2, 0) is 9.59 Å². The van der Waals surface area contributed by atoms with Crippen LogP contribution >= 0.6 is 0 Å². The van der Waals surface area contributed by atoms with Crippen LogP contribution in [0, 0.1) is 6.92 Å². The van der Waals surface area contributed by atoms with Crippen LogP contribution in [0.25, 0.3) is 0 Å². The molecule has 0 saturated heterocycles. The van der Waals surface area contributed by atoms with E-state index in [1.165, 1.54) is 0 Å². The Balaban J connectivity index is 2.42. The first-order chi connectivity index (χ1) is 8.49. The van der Waals surface area contributed by atoms with Gasteiger partial charge in [-0.3, -0.25) is 14.5 Å². The molecule has 18 heavy (non-hydrogen) atoms. The lowest BCUT2D eigenvalue weighted by Gasteiger charge is -2.15. The predicted molar refractivity (Wildman–Crippen MR) is 69.6 cm³/mol. The lowest BCUT2D eigenvalue weighted by Crippen LogP contribution is -2.31. The van der Waals surface area contributed by atoms with Gasteiger partial charge in [-0.25, -0.2) is 0 Å². The van der Waals surface area contributed by atoms with Gasteiger partial charge in [0.15, 0.2) is 0 Å². The minimum absolute atomic E-state index is 0.0359. The molecule has 1 amide bonds. The van der Waals surface area contributed by atoms with Crippen molar-refractivity contribution in [1.29, 1.82) is 0 Å². The van der Waals surface area contributed by atoms with Crippen molar-refractivity contribution in [3.05, 3.63) is 29.8 Å². The van der Waals surface area contributed by atoms with E-state index in [0.29, 0.717) is 6.54 Å². The van der Waals surface area contributed by atoms with Crippen LogP contribution in [0.1, 0.15) is 12.0 Å². The third kappa shape index (κ3) is 4.97. The summed E-state index contributed by atoms with van der Waals surface area (Å²) in [6.07, 6.45) is 0.0359. The number of hydrogen-bond acceptors (Lipinski definition) is 3. The Morgan fingerprint density at radius 1 is 1.33 bits per heavy atom. The summed E-state index contributed by atoms with van der Waals surface area (Å²) in [5.41, 5.74) is 1.79. The quantitative estimate of drug-likeness (QED) is 0.799. The second-order valence-corrected chi connectivity index (χ2v) is 4.24. The van der Waals surface area contributed by atoms with Crippen LogP contribution in [0.5, 0.6) is 0 Å². The maximum atomic E-state index is 11.7. The first-order valence-electron chi connectivity index (χ1n) is 5.75. The molecule has 0 aliphatic rings. The SMILES string of the molecule is Cc1ccccc1NC(=O)CN(C)CCC(=O)O. The summed E-state index contributed by atoms with van der Waals surface area (Å²) in [4.78, 5) is 23.8. The highest BCUT2D eigenvalue weighted by Gasteiger charge is 2.09. The van der Waals surface area contributed by atoms with Gasteiger partial charge in [0.2, 0.25) is 5.91 Å². The van der Waals surface area contributed by atoms with Gasteiger partial charge in [0, 0.05) is 12.2 Å². The molecule has 0 aromatic heterocycles. The summed E-state index contributed by atoms with van der Waals surface area (Å²) in [6, 6.07) is 7.52. The Kier molecular flexibility index (Phi) is 5.32. The van der Waals surface area contributed by atoms with Crippen molar-refractivity contribution < 1.29 is 14.7 Å². The van der Waals surface area contributed by atoms with E-state index in [0.717, 1.165) is 11.3 Å². The highest BCUT2D eigenvalue weighted by Crippen LogP contribution is 2.12. The molecule has 0 aliphatic heterocycles. The molecule has 0 spiro atoms. The molecule has 2 N–H and O–H groups in total. The van der Waals surface area contributed by atoms with E-state index in [1.54, 1.807) is 11.9 Å². The third-order valence-electron chi connectivity index (χ3n) is 2.54. The number of carboxylic acids is 1. The molecular formula is C13H18N2O3. The van der Waals surface area contributed by atoms with Crippen molar-refractivity contribution in [3.63, 3.8) is 0 Å². The second kappa shape index (κ2) is 6.76. The lowest BCUT2D eigenvalue weighted by molar-refractivity contribution is -0.137. The van der Waals surface area contributed by atoms with Crippen LogP contribution in [0.15, 0.2) is 24.3 Å².